The van der Waals surface area contributed by atoms with Gasteiger partial charge in [-0.15, -0.1) is 12.4 Å². The van der Waals surface area contributed by atoms with Crippen LogP contribution in [0.3, 0.4) is 0 Å². The minimum absolute atomic E-state index is 0. The van der Waals surface area contributed by atoms with Crippen molar-refractivity contribution in [3.8, 4) is 5.75 Å². The van der Waals surface area contributed by atoms with E-state index in [0.717, 1.165) is 23.4 Å². The summed E-state index contributed by atoms with van der Waals surface area (Å²) in [5.41, 5.74) is 3.09. The number of aliphatic hydroxyl groups excluding tert-OH is 1. The predicted molar refractivity (Wildman–Crippen MR) is 106 cm³/mol. The normalized spacial score (nSPS) is 18.6. The summed E-state index contributed by atoms with van der Waals surface area (Å²) in [5.74, 6) is 0.550. The third-order valence-electron chi connectivity index (χ3n) is 4.83. The largest absolute Gasteiger partial charge is 0.491 e. The Balaban J connectivity index is 0.00000261. The molecule has 2 aromatic rings. The second-order valence-electron chi connectivity index (χ2n) is 6.84. The number of nitrogens with zero attached hydrogens (tertiary/aromatic N) is 1. The van der Waals surface area contributed by atoms with Crippen LogP contribution in [-0.2, 0) is 4.74 Å². The zero-order valence-electron chi connectivity index (χ0n) is 15.7. The number of halogens is 2. The van der Waals surface area contributed by atoms with Gasteiger partial charge in [0.05, 0.1) is 12.7 Å². The lowest BCUT2D eigenvalue weighted by Gasteiger charge is -2.34. The van der Waals surface area contributed by atoms with Gasteiger partial charge in [0, 0.05) is 19.6 Å². The Labute approximate surface area is 166 Å². The molecule has 0 aromatic heterocycles. The van der Waals surface area contributed by atoms with E-state index < -0.39 is 6.10 Å². The molecule has 2 atom stereocenters. The number of benzene rings is 2. The number of hydrogen-bond donors (Lipinski definition) is 1. The molecule has 27 heavy (non-hydrogen) atoms. The Kier molecular flexibility index (Phi) is 8.05. The van der Waals surface area contributed by atoms with Gasteiger partial charge in [0.15, 0.2) is 0 Å². The van der Waals surface area contributed by atoms with Crippen LogP contribution in [0.4, 0.5) is 4.39 Å². The van der Waals surface area contributed by atoms with Crippen molar-refractivity contribution < 1.29 is 19.0 Å². The Bertz CT molecular complexity index is 743. The van der Waals surface area contributed by atoms with Gasteiger partial charge in [-0.1, -0.05) is 24.3 Å². The Morgan fingerprint density at radius 1 is 1.26 bits per heavy atom. The number of aliphatic hydroxyl groups is 1. The van der Waals surface area contributed by atoms with E-state index in [9.17, 15) is 9.50 Å². The number of hydrogen-bond acceptors (Lipinski definition) is 4. The summed E-state index contributed by atoms with van der Waals surface area (Å²) in [7, 11) is 0. The van der Waals surface area contributed by atoms with E-state index >= 15 is 0 Å². The highest BCUT2D eigenvalue weighted by Crippen LogP contribution is 2.23. The molecule has 3 rings (SSSR count). The van der Waals surface area contributed by atoms with E-state index in [1.807, 2.05) is 38.1 Å². The summed E-state index contributed by atoms with van der Waals surface area (Å²) in [5, 5.41) is 10.4. The van der Waals surface area contributed by atoms with Crippen LogP contribution in [0, 0.1) is 19.7 Å². The van der Waals surface area contributed by atoms with Crippen LogP contribution in [0.25, 0.3) is 0 Å². The fourth-order valence-corrected chi connectivity index (χ4v) is 3.19. The van der Waals surface area contributed by atoms with Crippen molar-refractivity contribution in [3.63, 3.8) is 0 Å². The van der Waals surface area contributed by atoms with Gasteiger partial charge in [0.2, 0.25) is 0 Å². The van der Waals surface area contributed by atoms with Crippen LogP contribution in [0.5, 0.6) is 5.75 Å². The molecule has 1 saturated heterocycles. The van der Waals surface area contributed by atoms with Crippen molar-refractivity contribution in [3.05, 3.63) is 65.0 Å². The number of rotatable bonds is 6. The molecule has 0 aliphatic carbocycles. The smallest absolute Gasteiger partial charge is 0.123 e. The highest BCUT2D eigenvalue weighted by atomic mass is 35.5. The standard InChI is InChI=1S/C21H26FNO3.ClH/c1-15-5-3-8-20(16(15)2)26-14-19(24)12-23-9-10-25-21(13-23)17-6-4-7-18(22)11-17;/h3-8,11,19,21,24H,9-10,12-14H2,1-2H3;1H. The molecular formula is C21H27ClFNO3. The molecule has 2 aromatic carbocycles. The summed E-state index contributed by atoms with van der Waals surface area (Å²) >= 11 is 0. The summed E-state index contributed by atoms with van der Waals surface area (Å²) < 4.78 is 25.0. The second-order valence-corrected chi connectivity index (χ2v) is 6.84. The lowest BCUT2D eigenvalue weighted by Crippen LogP contribution is -2.43. The summed E-state index contributed by atoms with van der Waals surface area (Å²) in [6.07, 6.45) is -0.771. The Morgan fingerprint density at radius 2 is 2.04 bits per heavy atom. The Hall–Kier alpha value is -1.66. The van der Waals surface area contributed by atoms with Gasteiger partial charge in [-0.05, 0) is 48.7 Å². The molecule has 1 N–H and O–H groups in total. The number of morpholine rings is 1. The van der Waals surface area contributed by atoms with Crippen LogP contribution in [0.2, 0.25) is 0 Å². The quantitative estimate of drug-likeness (QED) is 0.810. The average molecular weight is 396 g/mol. The van der Waals surface area contributed by atoms with E-state index in [-0.39, 0.29) is 30.9 Å². The van der Waals surface area contributed by atoms with Crippen LogP contribution in [0.1, 0.15) is 22.8 Å². The molecule has 4 nitrogen and oxygen atoms in total. The molecule has 1 heterocycles. The van der Waals surface area contributed by atoms with Crippen LogP contribution in [0.15, 0.2) is 42.5 Å². The molecule has 6 heteroatoms. The van der Waals surface area contributed by atoms with Gasteiger partial charge in [-0.25, -0.2) is 4.39 Å². The van der Waals surface area contributed by atoms with Gasteiger partial charge < -0.3 is 14.6 Å². The van der Waals surface area contributed by atoms with Crippen LogP contribution < -0.4 is 4.74 Å². The maximum atomic E-state index is 13.4. The summed E-state index contributed by atoms with van der Waals surface area (Å²) in [6.45, 7) is 6.73. The van der Waals surface area contributed by atoms with Gasteiger partial charge >= 0.3 is 0 Å². The molecule has 2 unspecified atom stereocenters. The van der Waals surface area contributed by atoms with Gasteiger partial charge in [0.25, 0.3) is 0 Å². The van der Waals surface area contributed by atoms with E-state index in [1.54, 1.807) is 6.07 Å². The maximum absolute atomic E-state index is 13.4. The van der Waals surface area contributed by atoms with Crippen molar-refractivity contribution in [2.45, 2.75) is 26.1 Å². The average Bonchev–Trinajstić information content (AvgIpc) is 2.63. The molecule has 0 amide bonds. The SMILES string of the molecule is Cc1cccc(OCC(O)CN2CCOC(c3cccc(F)c3)C2)c1C.Cl. The first-order chi connectivity index (χ1) is 12.5. The van der Waals surface area contributed by atoms with Crippen molar-refractivity contribution >= 4 is 12.4 Å². The monoisotopic (exact) mass is 395 g/mol. The minimum atomic E-state index is -0.596. The third-order valence-corrected chi connectivity index (χ3v) is 4.83. The van der Waals surface area contributed by atoms with E-state index in [1.165, 1.54) is 17.7 Å². The first-order valence-corrected chi connectivity index (χ1v) is 8.99. The van der Waals surface area contributed by atoms with Gasteiger partial charge in [-0.3, -0.25) is 4.90 Å². The fraction of sp³-hybridized carbons (Fsp3) is 0.429. The maximum Gasteiger partial charge on any atom is 0.123 e. The zero-order valence-corrected chi connectivity index (χ0v) is 16.5. The van der Waals surface area contributed by atoms with Crippen molar-refractivity contribution in [2.24, 2.45) is 0 Å². The molecule has 0 bridgehead atoms. The highest BCUT2D eigenvalue weighted by molar-refractivity contribution is 5.85. The first-order valence-electron chi connectivity index (χ1n) is 8.99. The molecular weight excluding hydrogens is 369 g/mol. The molecule has 1 aliphatic rings. The first kappa shape index (κ1) is 21.6. The van der Waals surface area contributed by atoms with E-state index in [0.29, 0.717) is 19.7 Å². The lowest BCUT2D eigenvalue weighted by molar-refractivity contribution is -0.0460. The molecule has 1 aliphatic heterocycles. The lowest BCUT2D eigenvalue weighted by atomic mass is 10.1. The van der Waals surface area contributed by atoms with Gasteiger partial charge in [0.1, 0.15) is 24.3 Å². The number of β-amino-alcohol motifs (C(OH)–C–C–N with tert-alkyl or cyclic N) is 1. The van der Waals surface area contributed by atoms with Crippen LogP contribution in [-0.4, -0.2) is 49.0 Å². The molecule has 0 saturated carbocycles. The minimum Gasteiger partial charge on any atom is -0.491 e. The molecule has 0 spiro atoms. The summed E-state index contributed by atoms with van der Waals surface area (Å²) in [6, 6.07) is 12.4. The topological polar surface area (TPSA) is 41.9 Å². The van der Waals surface area contributed by atoms with Gasteiger partial charge in [-0.2, -0.15) is 0 Å². The fourth-order valence-electron chi connectivity index (χ4n) is 3.19. The highest BCUT2D eigenvalue weighted by Gasteiger charge is 2.24. The van der Waals surface area contributed by atoms with Crippen molar-refractivity contribution in [2.75, 3.05) is 32.8 Å². The van der Waals surface area contributed by atoms with E-state index in [2.05, 4.69) is 4.90 Å². The summed E-state index contributed by atoms with van der Waals surface area (Å²) in [4.78, 5) is 2.14. The predicted octanol–water partition coefficient (Wildman–Crippen LogP) is 3.68. The van der Waals surface area contributed by atoms with Crippen molar-refractivity contribution in [1.29, 1.82) is 0 Å². The molecule has 0 radical (unpaired) electrons. The number of aryl methyl sites for hydroxylation is 1. The number of ether oxygens (including phenoxy) is 2. The molecule has 148 valence electrons. The molecule has 1 fully saturated rings. The second kappa shape index (κ2) is 10.0. The Morgan fingerprint density at radius 3 is 2.81 bits per heavy atom. The van der Waals surface area contributed by atoms with Crippen LogP contribution >= 0.6 is 12.4 Å². The zero-order chi connectivity index (χ0) is 18.5. The van der Waals surface area contributed by atoms with E-state index in [4.69, 9.17) is 9.47 Å². The van der Waals surface area contributed by atoms with Crippen molar-refractivity contribution in [1.82, 2.24) is 4.90 Å². The third kappa shape index (κ3) is 5.91.